The maximum atomic E-state index is 5.43. The van der Waals surface area contributed by atoms with Crippen molar-refractivity contribution in [3.05, 3.63) is 41.8 Å². The molecule has 5 rings (SSSR count). The first-order valence-corrected chi connectivity index (χ1v) is 6.69. The summed E-state index contributed by atoms with van der Waals surface area (Å²) in [5.74, 6) is 2.43. The summed E-state index contributed by atoms with van der Waals surface area (Å²) in [4.78, 5) is 4.58. The van der Waals surface area contributed by atoms with Crippen LogP contribution in [-0.2, 0) is 6.42 Å². The van der Waals surface area contributed by atoms with E-state index in [0.29, 0.717) is 11.3 Å². The van der Waals surface area contributed by atoms with Crippen molar-refractivity contribution in [3.63, 3.8) is 0 Å². The van der Waals surface area contributed by atoms with Gasteiger partial charge in [0.25, 0.3) is 0 Å². The third-order valence-electron chi connectivity index (χ3n) is 5.11. The average Bonchev–Trinajstić information content (AvgIpc) is 2.91. The van der Waals surface area contributed by atoms with E-state index in [1.165, 1.54) is 24.0 Å². The van der Waals surface area contributed by atoms with Crippen molar-refractivity contribution in [3.8, 4) is 11.5 Å². The smallest absolute Gasteiger partial charge is 0.152 e. The van der Waals surface area contributed by atoms with Crippen molar-refractivity contribution < 1.29 is 4.42 Å². The van der Waals surface area contributed by atoms with Crippen LogP contribution in [-0.4, -0.2) is 4.98 Å². The topological polar surface area (TPSA) is 26.0 Å². The summed E-state index contributed by atoms with van der Waals surface area (Å²) in [5.41, 5.74) is 4.40. The Balaban J connectivity index is 1.79. The summed E-state index contributed by atoms with van der Waals surface area (Å²) in [6.45, 7) is 4.80. The Hall–Kier alpha value is -1.57. The van der Waals surface area contributed by atoms with Crippen LogP contribution in [0.1, 0.15) is 37.3 Å². The molecule has 0 aromatic carbocycles. The number of rotatable bonds is 1. The minimum Gasteiger partial charge on any atom is -0.463 e. The average molecular weight is 239 g/mol. The van der Waals surface area contributed by atoms with E-state index in [9.17, 15) is 0 Å². The third kappa shape index (κ3) is 1.21. The number of pyridine rings is 1. The predicted molar refractivity (Wildman–Crippen MR) is 70.3 cm³/mol. The van der Waals surface area contributed by atoms with E-state index >= 15 is 0 Å². The molecular formula is C16H17NO. The summed E-state index contributed by atoms with van der Waals surface area (Å²) in [6.07, 6.45) is 6.34. The predicted octanol–water partition coefficient (Wildman–Crippen LogP) is 4.03. The molecule has 18 heavy (non-hydrogen) atoms. The minimum absolute atomic E-state index is 0.473. The van der Waals surface area contributed by atoms with Crippen LogP contribution in [0.3, 0.4) is 0 Å². The SMILES string of the molecule is CC1(C)[C@H]2Cc3cc(-c4ccco4)ncc3[C@@H]1C2. The zero-order valence-electron chi connectivity index (χ0n) is 10.8. The number of aromatic nitrogens is 1. The maximum Gasteiger partial charge on any atom is 0.152 e. The standard InChI is InChI=1S/C16H17NO/c1-16(2)11-6-10-7-14(15-4-3-5-18-15)17-9-12(10)13(16)8-11/h3-5,7,9,11,13H,6,8H2,1-2H3/t11-,13-/m0/s1. The van der Waals surface area contributed by atoms with Crippen molar-refractivity contribution in [1.29, 1.82) is 0 Å². The Labute approximate surface area is 107 Å². The molecule has 2 nitrogen and oxygen atoms in total. The molecule has 2 atom stereocenters. The monoisotopic (exact) mass is 239 g/mol. The Morgan fingerprint density at radius 1 is 1.39 bits per heavy atom. The molecule has 0 saturated heterocycles. The lowest BCUT2D eigenvalue weighted by Gasteiger charge is -2.57. The second-order valence-corrected chi connectivity index (χ2v) is 6.26. The molecule has 0 aliphatic heterocycles. The quantitative estimate of drug-likeness (QED) is 0.751. The fourth-order valence-electron chi connectivity index (χ4n) is 3.71. The molecule has 2 aromatic heterocycles. The second-order valence-electron chi connectivity index (χ2n) is 6.26. The largest absolute Gasteiger partial charge is 0.463 e. The molecule has 3 aliphatic rings. The van der Waals surface area contributed by atoms with Crippen LogP contribution in [0.25, 0.3) is 11.5 Å². The van der Waals surface area contributed by atoms with Gasteiger partial charge in [0, 0.05) is 6.20 Å². The fraction of sp³-hybridized carbons (Fsp3) is 0.438. The lowest BCUT2D eigenvalue weighted by molar-refractivity contribution is 0.0183. The molecule has 0 radical (unpaired) electrons. The van der Waals surface area contributed by atoms with Gasteiger partial charge in [0.1, 0.15) is 5.69 Å². The zero-order chi connectivity index (χ0) is 12.3. The third-order valence-corrected chi connectivity index (χ3v) is 5.11. The normalized spacial score (nSPS) is 27.4. The van der Waals surface area contributed by atoms with Gasteiger partial charge in [0.2, 0.25) is 0 Å². The molecule has 3 aliphatic carbocycles. The van der Waals surface area contributed by atoms with Crippen LogP contribution < -0.4 is 0 Å². The molecule has 0 unspecified atom stereocenters. The molecule has 0 amide bonds. The first kappa shape index (κ1) is 10.4. The Kier molecular flexibility index (Phi) is 1.87. The van der Waals surface area contributed by atoms with Crippen LogP contribution in [0, 0.1) is 11.3 Å². The van der Waals surface area contributed by atoms with Gasteiger partial charge >= 0.3 is 0 Å². The molecule has 1 fully saturated rings. The van der Waals surface area contributed by atoms with Crippen LogP contribution in [0.4, 0.5) is 0 Å². The molecule has 2 heteroatoms. The van der Waals surface area contributed by atoms with Crippen LogP contribution in [0.5, 0.6) is 0 Å². The lowest BCUT2D eigenvalue weighted by Crippen LogP contribution is -2.48. The van der Waals surface area contributed by atoms with Gasteiger partial charge in [-0.25, -0.2) is 0 Å². The van der Waals surface area contributed by atoms with E-state index in [1.807, 2.05) is 12.1 Å². The summed E-state index contributed by atoms with van der Waals surface area (Å²) in [6, 6.07) is 6.11. The van der Waals surface area contributed by atoms with E-state index in [0.717, 1.165) is 17.4 Å². The van der Waals surface area contributed by atoms with Crippen molar-refractivity contribution in [2.24, 2.45) is 11.3 Å². The highest BCUT2D eigenvalue weighted by Crippen LogP contribution is 2.62. The molecule has 0 spiro atoms. The molecule has 0 N–H and O–H groups in total. The van der Waals surface area contributed by atoms with Gasteiger partial charge in [-0.1, -0.05) is 13.8 Å². The molecule has 2 aromatic rings. The van der Waals surface area contributed by atoms with Crippen molar-refractivity contribution in [2.75, 3.05) is 0 Å². The summed E-state index contributed by atoms with van der Waals surface area (Å²) >= 11 is 0. The van der Waals surface area contributed by atoms with Crippen molar-refractivity contribution >= 4 is 0 Å². The van der Waals surface area contributed by atoms with Crippen molar-refractivity contribution in [1.82, 2.24) is 4.98 Å². The molecule has 2 heterocycles. The number of furan rings is 1. The maximum absolute atomic E-state index is 5.43. The van der Waals surface area contributed by atoms with Crippen LogP contribution >= 0.6 is 0 Å². The summed E-state index contributed by atoms with van der Waals surface area (Å²) in [7, 11) is 0. The van der Waals surface area contributed by atoms with E-state index < -0.39 is 0 Å². The number of nitrogens with zero attached hydrogens (tertiary/aromatic N) is 1. The van der Waals surface area contributed by atoms with Gasteiger partial charge in [0.15, 0.2) is 5.76 Å². The van der Waals surface area contributed by atoms with Gasteiger partial charge in [-0.2, -0.15) is 0 Å². The van der Waals surface area contributed by atoms with Crippen LogP contribution in [0.2, 0.25) is 0 Å². The lowest BCUT2D eigenvalue weighted by atomic mass is 9.48. The minimum atomic E-state index is 0.473. The molecule has 92 valence electrons. The van der Waals surface area contributed by atoms with Gasteiger partial charge in [0.05, 0.1) is 6.26 Å². The zero-order valence-corrected chi connectivity index (χ0v) is 10.8. The van der Waals surface area contributed by atoms with E-state index in [2.05, 4.69) is 31.1 Å². The number of hydrogen-bond acceptors (Lipinski definition) is 2. The van der Waals surface area contributed by atoms with Gasteiger partial charge in [-0.3, -0.25) is 4.98 Å². The highest BCUT2D eigenvalue weighted by molar-refractivity contribution is 5.55. The van der Waals surface area contributed by atoms with Crippen LogP contribution in [0.15, 0.2) is 35.1 Å². The first-order valence-electron chi connectivity index (χ1n) is 6.69. The highest BCUT2D eigenvalue weighted by atomic mass is 16.3. The Bertz CT molecular complexity index is 598. The second kappa shape index (κ2) is 3.25. The van der Waals surface area contributed by atoms with Gasteiger partial charge in [-0.05, 0) is 59.4 Å². The highest BCUT2D eigenvalue weighted by Gasteiger charge is 2.52. The van der Waals surface area contributed by atoms with E-state index in [-0.39, 0.29) is 0 Å². The Morgan fingerprint density at radius 3 is 3.00 bits per heavy atom. The van der Waals surface area contributed by atoms with Crippen molar-refractivity contribution in [2.45, 2.75) is 32.6 Å². The van der Waals surface area contributed by atoms with Gasteiger partial charge in [-0.15, -0.1) is 0 Å². The fourth-order valence-corrected chi connectivity index (χ4v) is 3.71. The first-order chi connectivity index (χ1) is 8.66. The molecular weight excluding hydrogens is 222 g/mol. The van der Waals surface area contributed by atoms with Gasteiger partial charge < -0.3 is 4.42 Å². The Morgan fingerprint density at radius 2 is 2.28 bits per heavy atom. The number of hydrogen-bond donors (Lipinski definition) is 0. The molecule has 1 saturated carbocycles. The van der Waals surface area contributed by atoms with E-state index in [1.54, 1.807) is 6.26 Å². The van der Waals surface area contributed by atoms with E-state index in [4.69, 9.17) is 4.42 Å². The molecule has 2 bridgehead atoms. The summed E-state index contributed by atoms with van der Waals surface area (Å²) < 4.78 is 5.43. The summed E-state index contributed by atoms with van der Waals surface area (Å²) in [5, 5.41) is 0.